The van der Waals surface area contributed by atoms with E-state index < -0.39 is 0 Å². The standard InChI is InChI=1S/C24H24N4O2/c1-4-30-19-9-7-18(8-10-19)26-24(29)16-5-12-22-21(14-16)23(27-28(22)3)20-11-6-17(25)13-15(20)2/h5-14H,4,25H2,1-3H3,(H,26,29). The summed E-state index contributed by atoms with van der Waals surface area (Å²) >= 11 is 0. The number of aromatic nitrogens is 2. The number of nitrogens with one attached hydrogen (secondary N) is 1. The van der Waals surface area contributed by atoms with Crippen LogP contribution in [0, 0.1) is 6.92 Å². The Labute approximate surface area is 175 Å². The first kappa shape index (κ1) is 19.5. The van der Waals surface area contributed by atoms with E-state index in [0.29, 0.717) is 23.5 Å². The van der Waals surface area contributed by atoms with Crippen molar-refractivity contribution in [1.29, 1.82) is 0 Å². The average Bonchev–Trinajstić information content (AvgIpc) is 3.05. The van der Waals surface area contributed by atoms with E-state index in [1.807, 2.05) is 86.2 Å². The molecule has 0 unspecified atom stereocenters. The maximum atomic E-state index is 12.8. The normalized spacial score (nSPS) is 10.9. The molecular weight excluding hydrogens is 376 g/mol. The number of carbonyl (C=O) groups excluding carboxylic acids is 1. The second kappa shape index (κ2) is 7.91. The van der Waals surface area contributed by atoms with Gasteiger partial charge in [-0.3, -0.25) is 9.48 Å². The van der Waals surface area contributed by atoms with Crippen molar-refractivity contribution < 1.29 is 9.53 Å². The van der Waals surface area contributed by atoms with E-state index in [2.05, 4.69) is 5.32 Å². The number of anilines is 2. The monoisotopic (exact) mass is 400 g/mol. The number of hydrogen-bond donors (Lipinski definition) is 2. The van der Waals surface area contributed by atoms with Gasteiger partial charge in [0, 0.05) is 34.9 Å². The third kappa shape index (κ3) is 3.72. The highest BCUT2D eigenvalue weighted by molar-refractivity contribution is 6.07. The quantitative estimate of drug-likeness (QED) is 0.472. The first-order chi connectivity index (χ1) is 14.5. The van der Waals surface area contributed by atoms with E-state index in [1.165, 1.54) is 0 Å². The number of nitrogens with two attached hydrogens (primary N) is 1. The number of fused-ring (bicyclic) bond motifs is 1. The summed E-state index contributed by atoms with van der Waals surface area (Å²) in [5, 5.41) is 8.55. The molecule has 3 N–H and O–H groups in total. The summed E-state index contributed by atoms with van der Waals surface area (Å²) in [6, 6.07) is 18.7. The number of ether oxygens (including phenoxy) is 1. The Hall–Kier alpha value is -3.80. The molecule has 0 saturated heterocycles. The van der Waals surface area contributed by atoms with Crippen molar-refractivity contribution in [3.63, 3.8) is 0 Å². The SMILES string of the molecule is CCOc1ccc(NC(=O)c2ccc3c(c2)c(-c2ccc(N)cc2C)nn3C)cc1. The summed E-state index contributed by atoms with van der Waals surface area (Å²) in [7, 11) is 1.90. The first-order valence-electron chi connectivity index (χ1n) is 9.83. The van der Waals surface area contributed by atoms with Gasteiger partial charge < -0.3 is 15.8 Å². The van der Waals surface area contributed by atoms with E-state index in [4.69, 9.17) is 15.6 Å². The largest absolute Gasteiger partial charge is 0.494 e. The zero-order valence-corrected chi connectivity index (χ0v) is 17.3. The van der Waals surface area contributed by atoms with Gasteiger partial charge in [0.2, 0.25) is 0 Å². The van der Waals surface area contributed by atoms with E-state index in [1.54, 1.807) is 0 Å². The van der Waals surface area contributed by atoms with E-state index in [9.17, 15) is 4.79 Å². The number of amides is 1. The summed E-state index contributed by atoms with van der Waals surface area (Å²) in [4.78, 5) is 12.8. The molecule has 0 fully saturated rings. The van der Waals surface area contributed by atoms with Crippen molar-refractivity contribution in [2.75, 3.05) is 17.7 Å². The lowest BCUT2D eigenvalue weighted by Gasteiger charge is -2.08. The van der Waals surface area contributed by atoms with Crippen LogP contribution in [0.25, 0.3) is 22.2 Å². The molecule has 0 spiro atoms. The van der Waals surface area contributed by atoms with Crippen molar-refractivity contribution in [2.24, 2.45) is 7.05 Å². The molecule has 152 valence electrons. The maximum absolute atomic E-state index is 12.8. The zero-order chi connectivity index (χ0) is 21.3. The van der Waals surface area contributed by atoms with E-state index in [0.717, 1.165) is 33.5 Å². The third-order valence-electron chi connectivity index (χ3n) is 5.04. The van der Waals surface area contributed by atoms with Crippen LogP contribution in [0.15, 0.2) is 60.7 Å². The van der Waals surface area contributed by atoms with E-state index in [-0.39, 0.29) is 5.91 Å². The number of carbonyl (C=O) groups is 1. The first-order valence-corrected chi connectivity index (χ1v) is 9.83. The topological polar surface area (TPSA) is 82.2 Å². The minimum absolute atomic E-state index is 0.176. The Bertz CT molecular complexity index is 1230. The van der Waals surface area contributed by atoms with E-state index >= 15 is 0 Å². The molecule has 0 saturated carbocycles. The van der Waals surface area contributed by atoms with Gasteiger partial charge in [0.15, 0.2) is 0 Å². The number of aryl methyl sites for hydroxylation is 2. The van der Waals surface area contributed by atoms with Gasteiger partial charge in [-0.2, -0.15) is 5.10 Å². The number of benzene rings is 3. The Morgan fingerprint density at radius 2 is 1.87 bits per heavy atom. The highest BCUT2D eigenvalue weighted by Gasteiger charge is 2.15. The summed E-state index contributed by atoms with van der Waals surface area (Å²) in [5.41, 5.74) is 11.7. The van der Waals surface area contributed by atoms with Gasteiger partial charge in [-0.25, -0.2) is 0 Å². The van der Waals surface area contributed by atoms with Crippen LogP contribution < -0.4 is 15.8 Å². The fourth-order valence-corrected chi connectivity index (χ4v) is 3.56. The molecule has 1 amide bonds. The van der Waals surface area contributed by atoms with Gasteiger partial charge in [-0.15, -0.1) is 0 Å². The molecule has 3 aromatic carbocycles. The molecule has 0 aliphatic heterocycles. The molecule has 6 nitrogen and oxygen atoms in total. The maximum Gasteiger partial charge on any atom is 0.255 e. The van der Waals surface area contributed by atoms with Crippen molar-refractivity contribution in [3.8, 4) is 17.0 Å². The Balaban J connectivity index is 1.67. The number of rotatable bonds is 5. The van der Waals surface area contributed by atoms with Crippen molar-refractivity contribution in [1.82, 2.24) is 9.78 Å². The lowest BCUT2D eigenvalue weighted by molar-refractivity contribution is 0.102. The molecule has 4 rings (SSSR count). The summed E-state index contributed by atoms with van der Waals surface area (Å²) in [6.45, 7) is 4.55. The third-order valence-corrected chi connectivity index (χ3v) is 5.04. The van der Waals surface area contributed by atoms with Crippen LogP contribution in [0.5, 0.6) is 5.75 Å². The number of nitrogens with zero attached hydrogens (tertiary/aromatic N) is 2. The van der Waals surface area contributed by atoms with Crippen molar-refractivity contribution in [3.05, 3.63) is 71.8 Å². The van der Waals surface area contributed by atoms with Crippen molar-refractivity contribution >= 4 is 28.2 Å². The van der Waals surface area contributed by atoms with Gasteiger partial charge in [-0.1, -0.05) is 6.07 Å². The molecule has 0 aliphatic rings. The molecule has 30 heavy (non-hydrogen) atoms. The Kier molecular flexibility index (Phi) is 5.14. The van der Waals surface area contributed by atoms with Gasteiger partial charge in [0.25, 0.3) is 5.91 Å². The lowest BCUT2D eigenvalue weighted by atomic mass is 10.0. The zero-order valence-electron chi connectivity index (χ0n) is 17.3. The van der Waals surface area contributed by atoms with Crippen LogP contribution in [-0.2, 0) is 7.05 Å². The molecule has 4 aromatic rings. The van der Waals surface area contributed by atoms with Crippen LogP contribution >= 0.6 is 0 Å². The number of nitrogen functional groups attached to an aromatic ring is 1. The molecule has 0 bridgehead atoms. The predicted octanol–water partition coefficient (Wildman–Crippen LogP) is 4.78. The van der Waals surface area contributed by atoms with Crippen LogP contribution in [-0.4, -0.2) is 22.3 Å². The summed E-state index contributed by atoms with van der Waals surface area (Å²) in [6.07, 6.45) is 0. The molecule has 0 atom stereocenters. The molecule has 0 radical (unpaired) electrons. The van der Waals surface area contributed by atoms with Gasteiger partial charge in [-0.05, 0) is 74.0 Å². The second-order valence-corrected chi connectivity index (χ2v) is 7.19. The fourth-order valence-electron chi connectivity index (χ4n) is 3.56. The van der Waals surface area contributed by atoms with Gasteiger partial charge in [0.05, 0.1) is 12.1 Å². The summed E-state index contributed by atoms with van der Waals surface area (Å²) in [5.74, 6) is 0.598. The highest BCUT2D eigenvalue weighted by Crippen LogP contribution is 2.31. The molecular formula is C24H24N4O2. The van der Waals surface area contributed by atoms with Crippen molar-refractivity contribution in [2.45, 2.75) is 13.8 Å². The highest BCUT2D eigenvalue weighted by atomic mass is 16.5. The van der Waals surface area contributed by atoms with Gasteiger partial charge in [0.1, 0.15) is 11.4 Å². The Morgan fingerprint density at radius 3 is 2.57 bits per heavy atom. The minimum Gasteiger partial charge on any atom is -0.494 e. The molecule has 1 heterocycles. The minimum atomic E-state index is -0.176. The van der Waals surface area contributed by atoms with Crippen LogP contribution in [0.1, 0.15) is 22.8 Å². The molecule has 6 heteroatoms. The van der Waals surface area contributed by atoms with Crippen LogP contribution in [0.2, 0.25) is 0 Å². The number of hydrogen-bond acceptors (Lipinski definition) is 4. The average molecular weight is 400 g/mol. The smallest absolute Gasteiger partial charge is 0.255 e. The lowest BCUT2D eigenvalue weighted by Crippen LogP contribution is -2.11. The summed E-state index contributed by atoms with van der Waals surface area (Å²) < 4.78 is 7.27. The Morgan fingerprint density at radius 1 is 1.10 bits per heavy atom. The fraction of sp³-hybridized carbons (Fsp3) is 0.167. The van der Waals surface area contributed by atoms with Crippen LogP contribution in [0.4, 0.5) is 11.4 Å². The second-order valence-electron chi connectivity index (χ2n) is 7.19. The van der Waals surface area contributed by atoms with Crippen LogP contribution in [0.3, 0.4) is 0 Å². The molecule has 0 aliphatic carbocycles. The predicted molar refractivity (Wildman–Crippen MR) is 121 cm³/mol. The van der Waals surface area contributed by atoms with Gasteiger partial charge >= 0.3 is 0 Å². The molecule has 1 aromatic heterocycles.